The predicted octanol–water partition coefficient (Wildman–Crippen LogP) is -0.742. The third-order valence-corrected chi connectivity index (χ3v) is 0. The molecule has 6 heteroatoms. The van der Waals surface area contributed by atoms with Gasteiger partial charge in [0.1, 0.15) is 0 Å². The van der Waals surface area contributed by atoms with Crippen molar-refractivity contribution in [2.24, 2.45) is 0 Å². The van der Waals surface area contributed by atoms with Gasteiger partial charge in [-0.05, 0) is 0 Å². The molecule has 0 aromatic heterocycles. The summed E-state index contributed by atoms with van der Waals surface area (Å²) in [5, 5.41) is 0. The maximum atomic E-state index is 0. The molecule has 3 nitrogen and oxygen atoms in total. The van der Waals surface area contributed by atoms with Gasteiger partial charge >= 0.3 is 69.8 Å². The Morgan fingerprint density at radius 3 is 0.500 bits per heavy atom. The first kappa shape index (κ1) is 88.8. The summed E-state index contributed by atoms with van der Waals surface area (Å²) in [5.41, 5.74) is 0. The Kier molecular flexibility index (Phi) is 854. The van der Waals surface area contributed by atoms with E-state index >= 15 is 0 Å². The fraction of sp³-hybridized carbons (Fsp3) is 0. The molecular weight excluding hydrogens is 257 g/mol. The molecule has 0 aliphatic heterocycles. The van der Waals surface area contributed by atoms with E-state index in [0.29, 0.717) is 0 Å². The minimum Gasteiger partial charge on any atom is -2.00 e. The zero-order chi connectivity index (χ0) is 0. The summed E-state index contributed by atoms with van der Waals surface area (Å²) >= 11 is 0. The van der Waals surface area contributed by atoms with Gasteiger partial charge in [0.05, 0.1) is 0 Å². The minimum atomic E-state index is 0. The topological polar surface area (TPSA) is 85.5 Å². The molecule has 0 aliphatic rings. The Hall–Kier alpha value is 2.18. The average molecular weight is 257 g/mol. The molecule has 6 heavy (non-hydrogen) atoms. The molecule has 0 saturated carbocycles. The summed E-state index contributed by atoms with van der Waals surface area (Å²) in [4.78, 5) is 0. The van der Waals surface area contributed by atoms with Crippen LogP contribution in [0.25, 0.3) is 0 Å². The zero-order valence-electron chi connectivity index (χ0n) is 2.80. The van der Waals surface area contributed by atoms with Gasteiger partial charge in [0.2, 0.25) is 0 Å². The van der Waals surface area contributed by atoms with Crippen molar-refractivity contribution in [3.05, 3.63) is 0 Å². The number of hydrogen-bond acceptors (Lipinski definition) is 0. The molecule has 0 saturated heterocycles. The van der Waals surface area contributed by atoms with E-state index < -0.39 is 0 Å². The standard InChI is InChI=1S/Al.3O.2Zr/q+3;3*-2;2*+4. The summed E-state index contributed by atoms with van der Waals surface area (Å²) in [6, 6.07) is 0. The van der Waals surface area contributed by atoms with E-state index in [1.54, 1.807) is 0 Å². The van der Waals surface area contributed by atoms with Gasteiger partial charge in [-0.1, -0.05) is 0 Å². The molecular formula is AlO3Zr2+5. The van der Waals surface area contributed by atoms with E-state index in [-0.39, 0.29) is 86.2 Å². The maximum absolute atomic E-state index is 0. The fourth-order valence-corrected chi connectivity index (χ4v) is 0. The van der Waals surface area contributed by atoms with Crippen molar-refractivity contribution in [2.75, 3.05) is 0 Å². The van der Waals surface area contributed by atoms with E-state index in [1.807, 2.05) is 0 Å². The van der Waals surface area contributed by atoms with Crippen LogP contribution in [0.5, 0.6) is 0 Å². The monoisotopic (exact) mass is 255 g/mol. The average Bonchev–Trinajstić information content (AvgIpc) is 0. The molecule has 0 atom stereocenters. The molecule has 24 valence electrons. The van der Waals surface area contributed by atoms with Crippen LogP contribution >= 0.6 is 0 Å². The molecule has 0 rings (SSSR count). The Balaban J connectivity index is 0. The molecule has 0 aromatic carbocycles. The summed E-state index contributed by atoms with van der Waals surface area (Å²) in [6.45, 7) is 0. The second-order valence-electron chi connectivity index (χ2n) is 0. The van der Waals surface area contributed by atoms with Crippen LogP contribution in [0.1, 0.15) is 0 Å². The first-order valence-corrected chi connectivity index (χ1v) is 0. The molecule has 0 aromatic rings. The van der Waals surface area contributed by atoms with Crippen molar-refractivity contribution in [3.8, 4) is 0 Å². The van der Waals surface area contributed by atoms with Crippen molar-refractivity contribution in [3.63, 3.8) is 0 Å². The Labute approximate surface area is 85.2 Å². The van der Waals surface area contributed by atoms with Gasteiger partial charge in [0.25, 0.3) is 0 Å². The van der Waals surface area contributed by atoms with E-state index in [4.69, 9.17) is 0 Å². The van der Waals surface area contributed by atoms with E-state index in [9.17, 15) is 0 Å². The Morgan fingerprint density at radius 1 is 0.500 bits per heavy atom. The first-order chi connectivity index (χ1) is 0. The Bertz CT molecular complexity index is 8.75. The van der Waals surface area contributed by atoms with Gasteiger partial charge in [0.15, 0.2) is 0 Å². The quantitative estimate of drug-likeness (QED) is 0.512. The van der Waals surface area contributed by atoms with E-state index in [0.717, 1.165) is 0 Å². The molecule has 0 heterocycles. The fourth-order valence-electron chi connectivity index (χ4n) is 0. The maximum Gasteiger partial charge on any atom is 4.00 e. The third kappa shape index (κ3) is 34.9. The SMILES string of the molecule is [Al+3].[O-2].[O-2].[O-2].[Zr+4].[Zr+4]. The second-order valence-corrected chi connectivity index (χ2v) is 0. The van der Waals surface area contributed by atoms with Gasteiger partial charge in [-0.3, -0.25) is 0 Å². The smallest absolute Gasteiger partial charge is 2.00 e. The van der Waals surface area contributed by atoms with Crippen LogP contribution in [-0.2, 0) is 68.8 Å². The van der Waals surface area contributed by atoms with E-state index in [1.165, 1.54) is 0 Å². The normalized spacial score (nSPS) is 0. The second kappa shape index (κ2) is 57.7. The molecule has 0 aliphatic carbocycles. The molecule has 0 N–H and O–H groups in total. The summed E-state index contributed by atoms with van der Waals surface area (Å²) in [5.74, 6) is 0. The van der Waals surface area contributed by atoms with Gasteiger partial charge in [-0.2, -0.15) is 0 Å². The van der Waals surface area contributed by atoms with Crippen molar-refractivity contribution in [2.45, 2.75) is 0 Å². The van der Waals surface area contributed by atoms with Crippen molar-refractivity contribution in [1.82, 2.24) is 0 Å². The first-order valence-electron chi connectivity index (χ1n) is 0. The van der Waals surface area contributed by atoms with Crippen molar-refractivity contribution >= 4 is 17.4 Å². The van der Waals surface area contributed by atoms with Crippen LogP contribution in [0.3, 0.4) is 0 Å². The molecule has 0 amide bonds. The molecule has 0 fully saturated rings. The van der Waals surface area contributed by atoms with Crippen LogP contribution in [0.15, 0.2) is 0 Å². The number of hydrogen-bond donors (Lipinski definition) is 0. The van der Waals surface area contributed by atoms with Gasteiger partial charge in [-0.15, -0.1) is 0 Å². The minimum absolute atomic E-state index is 0. The largest absolute Gasteiger partial charge is 4.00 e. The number of rotatable bonds is 0. The van der Waals surface area contributed by atoms with Gasteiger partial charge < -0.3 is 16.4 Å². The third-order valence-electron chi connectivity index (χ3n) is 0. The molecule has 0 spiro atoms. The molecule has 0 radical (unpaired) electrons. The van der Waals surface area contributed by atoms with Crippen LogP contribution in [0.2, 0.25) is 0 Å². The van der Waals surface area contributed by atoms with Crippen LogP contribution in [0, 0.1) is 0 Å². The van der Waals surface area contributed by atoms with Crippen LogP contribution in [0.4, 0.5) is 0 Å². The van der Waals surface area contributed by atoms with Crippen molar-refractivity contribution in [1.29, 1.82) is 0 Å². The van der Waals surface area contributed by atoms with Crippen molar-refractivity contribution < 1.29 is 68.8 Å². The van der Waals surface area contributed by atoms with Crippen LogP contribution in [-0.4, -0.2) is 17.4 Å². The Morgan fingerprint density at radius 2 is 0.500 bits per heavy atom. The summed E-state index contributed by atoms with van der Waals surface area (Å²) in [6.07, 6.45) is 0. The summed E-state index contributed by atoms with van der Waals surface area (Å²) in [7, 11) is 0. The summed E-state index contributed by atoms with van der Waals surface area (Å²) < 4.78 is 0. The van der Waals surface area contributed by atoms with Gasteiger partial charge in [0, 0.05) is 0 Å². The molecule has 0 unspecified atom stereocenters. The zero-order valence-corrected chi connectivity index (χ0v) is 8.87. The van der Waals surface area contributed by atoms with Crippen LogP contribution < -0.4 is 0 Å². The van der Waals surface area contributed by atoms with Gasteiger partial charge in [-0.25, -0.2) is 0 Å². The van der Waals surface area contributed by atoms with E-state index in [2.05, 4.69) is 0 Å². The predicted molar refractivity (Wildman–Crippen MR) is 7.81 cm³/mol. The molecule has 0 bridgehead atoms.